The zero-order chi connectivity index (χ0) is 14.2. The monoisotopic (exact) mass is 286 g/mol. The lowest BCUT2D eigenvalue weighted by atomic mass is 10.0. The molecule has 2 aliphatic heterocycles. The molecular weight excluding hydrogens is 264 g/mol. The molecule has 6 nitrogen and oxygen atoms in total. The van der Waals surface area contributed by atoms with Gasteiger partial charge in [0.25, 0.3) is 0 Å². The molecule has 4 rings (SSSR count). The van der Waals surface area contributed by atoms with Crippen LogP contribution in [0.5, 0.6) is 0 Å². The van der Waals surface area contributed by atoms with Crippen molar-refractivity contribution >= 4 is 17.0 Å². The number of hydrogen-bond acceptors (Lipinski definition) is 5. The highest BCUT2D eigenvalue weighted by Crippen LogP contribution is 2.28. The molecule has 0 bridgehead atoms. The van der Waals surface area contributed by atoms with E-state index in [2.05, 4.69) is 36.7 Å². The highest BCUT2D eigenvalue weighted by Gasteiger charge is 2.31. The van der Waals surface area contributed by atoms with Crippen LogP contribution in [0.1, 0.15) is 32.6 Å². The Bertz CT molecular complexity index is 615. The van der Waals surface area contributed by atoms with Gasteiger partial charge >= 0.3 is 0 Å². The Kier molecular flexibility index (Phi) is 3.25. The van der Waals surface area contributed by atoms with Crippen LogP contribution in [-0.4, -0.2) is 56.6 Å². The highest BCUT2D eigenvalue weighted by atomic mass is 15.3. The smallest absolute Gasteiger partial charge is 0.182 e. The summed E-state index contributed by atoms with van der Waals surface area (Å²) < 4.78 is 0. The Labute approximate surface area is 124 Å². The number of likely N-dealkylation sites (tertiary alicyclic amines) is 1. The first-order chi connectivity index (χ1) is 10.3. The minimum absolute atomic E-state index is 0.748. The maximum absolute atomic E-state index is 4.47. The fourth-order valence-corrected chi connectivity index (χ4v) is 3.90. The van der Waals surface area contributed by atoms with Crippen LogP contribution >= 0.6 is 0 Å². The number of piperidine rings is 1. The molecular formula is C15H22N6. The van der Waals surface area contributed by atoms with Crippen molar-refractivity contribution in [2.75, 3.05) is 24.5 Å². The molecule has 2 fully saturated rings. The van der Waals surface area contributed by atoms with Gasteiger partial charge in [-0.3, -0.25) is 4.90 Å². The van der Waals surface area contributed by atoms with Crippen LogP contribution < -0.4 is 4.90 Å². The van der Waals surface area contributed by atoms with E-state index in [1.807, 2.05) is 0 Å². The van der Waals surface area contributed by atoms with Gasteiger partial charge in [0, 0.05) is 25.2 Å². The number of H-pyrrole nitrogens is 1. The number of aromatic amines is 1. The molecule has 0 spiro atoms. The van der Waals surface area contributed by atoms with Gasteiger partial charge in [-0.25, -0.2) is 15.0 Å². The summed E-state index contributed by atoms with van der Waals surface area (Å²) in [4.78, 5) is 21.1. The number of rotatable bonds is 2. The first-order valence-electron chi connectivity index (χ1n) is 7.97. The molecule has 2 aromatic rings. The third kappa shape index (κ3) is 2.27. The van der Waals surface area contributed by atoms with Crippen molar-refractivity contribution in [1.29, 1.82) is 0 Å². The molecule has 0 radical (unpaired) electrons. The third-order valence-corrected chi connectivity index (χ3v) is 5.04. The molecule has 2 aromatic heterocycles. The van der Waals surface area contributed by atoms with E-state index in [1.54, 1.807) is 12.7 Å². The fraction of sp³-hybridized carbons (Fsp3) is 0.667. The summed E-state index contributed by atoms with van der Waals surface area (Å²) >= 11 is 0. The molecule has 1 unspecified atom stereocenters. The number of hydrogen-bond donors (Lipinski definition) is 1. The second kappa shape index (κ2) is 5.26. The predicted molar refractivity (Wildman–Crippen MR) is 82.3 cm³/mol. The number of imidazole rings is 1. The Morgan fingerprint density at radius 2 is 1.95 bits per heavy atom. The van der Waals surface area contributed by atoms with Crippen LogP contribution in [-0.2, 0) is 0 Å². The lowest BCUT2D eigenvalue weighted by molar-refractivity contribution is 0.163. The molecule has 21 heavy (non-hydrogen) atoms. The van der Waals surface area contributed by atoms with Gasteiger partial charge in [-0.1, -0.05) is 0 Å². The van der Waals surface area contributed by atoms with Gasteiger partial charge in [0.1, 0.15) is 11.8 Å². The molecule has 4 heterocycles. The van der Waals surface area contributed by atoms with E-state index in [0.717, 1.165) is 42.2 Å². The van der Waals surface area contributed by atoms with Crippen LogP contribution in [0.4, 0.5) is 5.82 Å². The molecule has 112 valence electrons. The van der Waals surface area contributed by atoms with Gasteiger partial charge in [-0.05, 0) is 39.2 Å². The first-order valence-corrected chi connectivity index (χ1v) is 7.97. The molecule has 6 heteroatoms. The van der Waals surface area contributed by atoms with E-state index >= 15 is 0 Å². The normalized spacial score (nSPS) is 25.0. The van der Waals surface area contributed by atoms with Crippen LogP contribution in [0.15, 0.2) is 12.7 Å². The molecule has 0 aliphatic carbocycles. The van der Waals surface area contributed by atoms with Crippen LogP contribution in [0.25, 0.3) is 11.2 Å². The SMILES string of the molecule is CC1CCCN1C1CCN(c2ncnc3nc[nH]c23)CC1. The van der Waals surface area contributed by atoms with Gasteiger partial charge in [-0.2, -0.15) is 0 Å². The van der Waals surface area contributed by atoms with Crippen molar-refractivity contribution in [1.82, 2.24) is 24.8 Å². The zero-order valence-electron chi connectivity index (χ0n) is 12.5. The van der Waals surface area contributed by atoms with E-state index in [1.165, 1.54) is 32.2 Å². The van der Waals surface area contributed by atoms with E-state index in [-0.39, 0.29) is 0 Å². The fourth-order valence-electron chi connectivity index (χ4n) is 3.90. The number of anilines is 1. The number of nitrogens with zero attached hydrogens (tertiary/aromatic N) is 5. The van der Waals surface area contributed by atoms with Gasteiger partial charge in [0.05, 0.1) is 6.33 Å². The van der Waals surface area contributed by atoms with Gasteiger partial charge in [0.2, 0.25) is 0 Å². The maximum Gasteiger partial charge on any atom is 0.182 e. The molecule has 2 saturated heterocycles. The molecule has 0 aromatic carbocycles. The maximum atomic E-state index is 4.47. The molecule has 1 N–H and O–H groups in total. The summed E-state index contributed by atoms with van der Waals surface area (Å²) in [5, 5.41) is 0. The van der Waals surface area contributed by atoms with Crippen LogP contribution in [0.2, 0.25) is 0 Å². The average molecular weight is 286 g/mol. The summed E-state index contributed by atoms with van der Waals surface area (Å²) in [5.74, 6) is 1.01. The number of nitrogens with one attached hydrogen (secondary N) is 1. The second-order valence-corrected chi connectivity index (χ2v) is 6.25. The van der Waals surface area contributed by atoms with E-state index in [4.69, 9.17) is 0 Å². The topological polar surface area (TPSA) is 60.9 Å². The zero-order valence-corrected chi connectivity index (χ0v) is 12.5. The molecule has 0 amide bonds. The second-order valence-electron chi connectivity index (χ2n) is 6.25. The summed E-state index contributed by atoms with van der Waals surface area (Å²) in [7, 11) is 0. The van der Waals surface area contributed by atoms with Crippen molar-refractivity contribution in [2.24, 2.45) is 0 Å². The minimum Gasteiger partial charge on any atom is -0.355 e. The van der Waals surface area contributed by atoms with E-state index < -0.39 is 0 Å². The molecule has 0 saturated carbocycles. The Balaban J connectivity index is 1.49. The van der Waals surface area contributed by atoms with Gasteiger partial charge in [0.15, 0.2) is 11.5 Å². The highest BCUT2D eigenvalue weighted by molar-refractivity contribution is 5.82. The summed E-state index contributed by atoms with van der Waals surface area (Å²) in [6.45, 7) is 5.79. The largest absolute Gasteiger partial charge is 0.355 e. The first kappa shape index (κ1) is 13.0. The molecule has 2 aliphatic rings. The van der Waals surface area contributed by atoms with Crippen molar-refractivity contribution in [2.45, 2.75) is 44.7 Å². The minimum atomic E-state index is 0.748. The number of aromatic nitrogens is 4. The predicted octanol–water partition coefficient (Wildman–Crippen LogP) is 1.81. The Morgan fingerprint density at radius 3 is 2.71 bits per heavy atom. The van der Waals surface area contributed by atoms with E-state index in [9.17, 15) is 0 Å². The average Bonchev–Trinajstić information content (AvgIpc) is 3.15. The van der Waals surface area contributed by atoms with Crippen molar-refractivity contribution in [3.63, 3.8) is 0 Å². The van der Waals surface area contributed by atoms with Crippen molar-refractivity contribution in [3.8, 4) is 0 Å². The third-order valence-electron chi connectivity index (χ3n) is 5.04. The summed E-state index contributed by atoms with van der Waals surface area (Å²) in [6.07, 6.45) is 8.49. The quantitative estimate of drug-likeness (QED) is 0.912. The Morgan fingerprint density at radius 1 is 1.10 bits per heavy atom. The number of fused-ring (bicyclic) bond motifs is 1. The van der Waals surface area contributed by atoms with Crippen LogP contribution in [0.3, 0.4) is 0 Å². The Hall–Kier alpha value is -1.69. The van der Waals surface area contributed by atoms with Gasteiger partial charge < -0.3 is 9.88 Å². The summed E-state index contributed by atoms with van der Waals surface area (Å²) in [5.41, 5.74) is 1.72. The molecule has 1 atom stereocenters. The van der Waals surface area contributed by atoms with Crippen LogP contribution in [0, 0.1) is 0 Å². The van der Waals surface area contributed by atoms with Crippen molar-refractivity contribution < 1.29 is 0 Å². The van der Waals surface area contributed by atoms with Crippen molar-refractivity contribution in [3.05, 3.63) is 12.7 Å². The lowest BCUT2D eigenvalue weighted by Gasteiger charge is -2.39. The standard InChI is InChI=1S/C15H22N6/c1-11-3-2-6-21(11)12-4-7-20(8-5-12)15-13-14(17-9-16-13)18-10-19-15/h9-12H,2-8H2,1H3,(H,16,17,18,19). The van der Waals surface area contributed by atoms with E-state index in [0.29, 0.717) is 0 Å². The summed E-state index contributed by atoms with van der Waals surface area (Å²) in [6, 6.07) is 1.51. The lowest BCUT2D eigenvalue weighted by Crippen LogP contribution is -2.46. The van der Waals surface area contributed by atoms with Gasteiger partial charge in [-0.15, -0.1) is 0 Å².